The van der Waals surface area contributed by atoms with E-state index in [4.69, 9.17) is 9.47 Å². The van der Waals surface area contributed by atoms with Crippen molar-refractivity contribution >= 4 is 15.9 Å². The molecule has 1 saturated heterocycles. The molecule has 0 radical (unpaired) electrons. The molecule has 1 N–H and O–H groups in total. The molecule has 0 saturated carbocycles. The Labute approximate surface area is 121 Å². The number of ether oxygens (including phenoxy) is 2. The van der Waals surface area contributed by atoms with Gasteiger partial charge in [0.25, 0.3) is 0 Å². The quantitative estimate of drug-likeness (QED) is 0.918. The zero-order chi connectivity index (χ0) is 13.8. The van der Waals surface area contributed by atoms with E-state index in [1.807, 2.05) is 0 Å². The van der Waals surface area contributed by atoms with Crippen LogP contribution in [-0.2, 0) is 6.42 Å². The summed E-state index contributed by atoms with van der Waals surface area (Å²) in [6, 6.07) is 2.21. The number of nitrogens with one attached hydrogen (secondary N) is 1. The lowest BCUT2D eigenvalue weighted by molar-refractivity contribution is 0.329. The minimum absolute atomic E-state index is 0.169. The first kappa shape index (κ1) is 14.6. The highest BCUT2D eigenvalue weighted by molar-refractivity contribution is 9.10. The minimum Gasteiger partial charge on any atom is -0.492 e. The molecule has 0 aliphatic carbocycles. The standard InChI is InChI=1S/C14H19BrFNO2/c1-18-13-9(7-10-5-3-4-6-17-10)8-11(15)12(16)14(13)19-2/h8,10,17H,3-7H2,1-2H3. The number of methoxy groups -OCH3 is 2. The van der Waals surface area contributed by atoms with Crippen LogP contribution in [0.15, 0.2) is 10.5 Å². The highest BCUT2D eigenvalue weighted by Gasteiger charge is 2.22. The Morgan fingerprint density at radius 2 is 2.05 bits per heavy atom. The summed E-state index contributed by atoms with van der Waals surface area (Å²) in [5.41, 5.74) is 0.965. The van der Waals surface area contributed by atoms with Crippen LogP contribution in [0.5, 0.6) is 11.5 Å². The largest absolute Gasteiger partial charge is 0.492 e. The fourth-order valence-corrected chi connectivity index (χ4v) is 3.01. The minimum atomic E-state index is -0.417. The summed E-state index contributed by atoms with van der Waals surface area (Å²) in [5, 5.41) is 3.49. The van der Waals surface area contributed by atoms with Crippen LogP contribution in [0.4, 0.5) is 4.39 Å². The van der Waals surface area contributed by atoms with Gasteiger partial charge in [0.05, 0.1) is 18.7 Å². The number of piperidine rings is 1. The maximum Gasteiger partial charge on any atom is 0.198 e. The van der Waals surface area contributed by atoms with Crippen molar-refractivity contribution in [1.82, 2.24) is 5.32 Å². The molecule has 0 spiro atoms. The second-order valence-corrected chi connectivity index (χ2v) is 5.60. The van der Waals surface area contributed by atoms with Gasteiger partial charge in [-0.15, -0.1) is 0 Å². The van der Waals surface area contributed by atoms with Gasteiger partial charge < -0.3 is 14.8 Å². The molecule has 1 unspecified atom stereocenters. The third-order valence-electron chi connectivity index (χ3n) is 3.49. The predicted octanol–water partition coefficient (Wildman–Crippen LogP) is 3.29. The van der Waals surface area contributed by atoms with Crippen molar-refractivity contribution in [2.75, 3.05) is 20.8 Å². The van der Waals surface area contributed by atoms with E-state index in [9.17, 15) is 4.39 Å². The van der Waals surface area contributed by atoms with Crippen molar-refractivity contribution in [2.24, 2.45) is 0 Å². The molecule has 0 amide bonds. The second-order valence-electron chi connectivity index (χ2n) is 4.75. The van der Waals surface area contributed by atoms with E-state index in [1.54, 1.807) is 13.2 Å². The first-order valence-electron chi connectivity index (χ1n) is 6.49. The van der Waals surface area contributed by atoms with Crippen LogP contribution in [0, 0.1) is 5.82 Å². The van der Waals surface area contributed by atoms with Crippen LogP contribution in [0.1, 0.15) is 24.8 Å². The van der Waals surface area contributed by atoms with Gasteiger partial charge in [-0.25, -0.2) is 4.39 Å². The Hall–Kier alpha value is -0.810. The SMILES string of the molecule is COc1c(CC2CCCCN2)cc(Br)c(F)c1OC. The van der Waals surface area contributed by atoms with Gasteiger partial charge in [0.1, 0.15) is 0 Å². The van der Waals surface area contributed by atoms with Crippen LogP contribution in [0.3, 0.4) is 0 Å². The zero-order valence-electron chi connectivity index (χ0n) is 11.3. The maximum absolute atomic E-state index is 13.9. The fraction of sp³-hybridized carbons (Fsp3) is 0.571. The van der Waals surface area contributed by atoms with E-state index in [0.717, 1.165) is 24.9 Å². The molecule has 106 valence electrons. The van der Waals surface area contributed by atoms with E-state index in [2.05, 4.69) is 21.2 Å². The summed E-state index contributed by atoms with van der Waals surface area (Å²) in [4.78, 5) is 0. The summed E-state index contributed by atoms with van der Waals surface area (Å²) in [5.74, 6) is 0.248. The topological polar surface area (TPSA) is 30.5 Å². The lowest BCUT2D eigenvalue weighted by Gasteiger charge is -2.25. The zero-order valence-corrected chi connectivity index (χ0v) is 12.8. The van der Waals surface area contributed by atoms with Gasteiger partial charge in [-0.2, -0.15) is 0 Å². The Balaban J connectivity index is 2.30. The van der Waals surface area contributed by atoms with E-state index >= 15 is 0 Å². The predicted molar refractivity (Wildman–Crippen MR) is 76.5 cm³/mol. The molecule has 19 heavy (non-hydrogen) atoms. The molecular formula is C14H19BrFNO2. The van der Waals surface area contributed by atoms with Crippen molar-refractivity contribution in [1.29, 1.82) is 0 Å². The third kappa shape index (κ3) is 3.20. The Morgan fingerprint density at radius 1 is 1.32 bits per heavy atom. The molecule has 1 aliphatic rings. The van der Waals surface area contributed by atoms with Crippen LogP contribution >= 0.6 is 15.9 Å². The van der Waals surface area contributed by atoms with E-state index in [-0.39, 0.29) is 5.75 Å². The number of halogens is 2. The molecular weight excluding hydrogens is 313 g/mol. The molecule has 1 atom stereocenters. The molecule has 1 aliphatic heterocycles. The summed E-state index contributed by atoms with van der Waals surface area (Å²) in [6.45, 7) is 1.05. The van der Waals surface area contributed by atoms with E-state index < -0.39 is 5.82 Å². The summed E-state index contributed by atoms with van der Waals surface area (Å²) >= 11 is 3.23. The lowest BCUT2D eigenvalue weighted by atomic mass is 9.97. The smallest absolute Gasteiger partial charge is 0.198 e. The first-order valence-corrected chi connectivity index (χ1v) is 7.29. The van der Waals surface area contributed by atoms with Crippen LogP contribution in [0.2, 0.25) is 0 Å². The van der Waals surface area contributed by atoms with E-state index in [1.165, 1.54) is 20.0 Å². The first-order chi connectivity index (χ1) is 9.17. The van der Waals surface area contributed by atoms with E-state index in [0.29, 0.717) is 16.3 Å². The van der Waals surface area contributed by atoms with Gasteiger partial charge >= 0.3 is 0 Å². The van der Waals surface area contributed by atoms with Gasteiger partial charge in [-0.05, 0) is 47.8 Å². The Kier molecular flexibility index (Phi) is 5.05. The molecule has 3 nitrogen and oxygen atoms in total. The number of benzene rings is 1. The van der Waals surface area contributed by atoms with Crippen molar-refractivity contribution in [3.8, 4) is 11.5 Å². The molecule has 2 rings (SSSR count). The average Bonchev–Trinajstić information content (AvgIpc) is 2.43. The molecule has 5 heteroatoms. The lowest BCUT2D eigenvalue weighted by Crippen LogP contribution is -2.35. The van der Waals surface area contributed by atoms with Crippen LogP contribution in [0.25, 0.3) is 0 Å². The summed E-state index contributed by atoms with van der Waals surface area (Å²) in [6.07, 6.45) is 4.42. The number of rotatable bonds is 4. The summed E-state index contributed by atoms with van der Waals surface area (Å²) < 4.78 is 24.8. The molecule has 0 aromatic heterocycles. The average molecular weight is 332 g/mol. The fourth-order valence-electron chi connectivity index (χ4n) is 2.56. The molecule has 1 heterocycles. The Morgan fingerprint density at radius 3 is 2.63 bits per heavy atom. The van der Waals surface area contributed by atoms with Gasteiger partial charge in [0.15, 0.2) is 17.3 Å². The number of hydrogen-bond donors (Lipinski definition) is 1. The molecule has 1 aromatic rings. The van der Waals surface area contributed by atoms with Gasteiger partial charge in [-0.1, -0.05) is 6.42 Å². The maximum atomic E-state index is 13.9. The van der Waals surface area contributed by atoms with Gasteiger partial charge in [0.2, 0.25) is 0 Å². The van der Waals surface area contributed by atoms with Crippen molar-refractivity contribution in [2.45, 2.75) is 31.7 Å². The van der Waals surface area contributed by atoms with Gasteiger partial charge in [-0.3, -0.25) is 0 Å². The van der Waals surface area contributed by atoms with Gasteiger partial charge in [0, 0.05) is 11.6 Å². The van der Waals surface area contributed by atoms with Crippen molar-refractivity contribution < 1.29 is 13.9 Å². The van der Waals surface area contributed by atoms with Crippen molar-refractivity contribution in [3.05, 3.63) is 21.9 Å². The third-order valence-corrected chi connectivity index (χ3v) is 4.07. The molecule has 0 bridgehead atoms. The van der Waals surface area contributed by atoms with Crippen molar-refractivity contribution in [3.63, 3.8) is 0 Å². The Bertz CT molecular complexity index is 448. The number of hydrogen-bond acceptors (Lipinski definition) is 3. The normalized spacial score (nSPS) is 19.3. The second kappa shape index (κ2) is 6.57. The monoisotopic (exact) mass is 331 g/mol. The van der Waals surface area contributed by atoms with Crippen LogP contribution < -0.4 is 14.8 Å². The summed E-state index contributed by atoms with van der Waals surface area (Å²) in [7, 11) is 3.00. The molecule has 1 fully saturated rings. The highest BCUT2D eigenvalue weighted by atomic mass is 79.9. The highest BCUT2D eigenvalue weighted by Crippen LogP contribution is 2.39. The molecule has 1 aromatic carbocycles. The van der Waals surface area contributed by atoms with Crippen LogP contribution in [-0.4, -0.2) is 26.8 Å².